The van der Waals surface area contributed by atoms with E-state index in [4.69, 9.17) is 4.74 Å². The Hall–Kier alpha value is -1.86. The van der Waals surface area contributed by atoms with Crippen LogP contribution in [0.4, 0.5) is 0 Å². The number of nitrogens with zero attached hydrogens (tertiary/aromatic N) is 1. The molecule has 1 atom stereocenters. The van der Waals surface area contributed by atoms with E-state index in [0.29, 0.717) is 25.3 Å². The number of ether oxygens (including phenoxy) is 1. The Kier molecular flexibility index (Phi) is 7.35. The first-order valence-corrected chi connectivity index (χ1v) is 12.0. The lowest BCUT2D eigenvalue weighted by molar-refractivity contribution is -0.126. The molecule has 1 aromatic carbocycles. The minimum Gasteiger partial charge on any atom is -0.496 e. The lowest BCUT2D eigenvalue weighted by atomic mass is 9.96. The molecule has 0 spiro atoms. The molecule has 1 fully saturated rings. The lowest BCUT2D eigenvalue weighted by Crippen LogP contribution is -2.45. The van der Waals surface area contributed by atoms with Gasteiger partial charge >= 0.3 is 0 Å². The van der Waals surface area contributed by atoms with Crippen molar-refractivity contribution >= 4 is 15.9 Å². The number of nitrogens with one attached hydrogen (secondary N) is 1. The second kappa shape index (κ2) is 9.76. The number of amides is 1. The predicted molar refractivity (Wildman–Crippen MR) is 113 cm³/mol. The van der Waals surface area contributed by atoms with Crippen LogP contribution in [0.25, 0.3) is 0 Å². The van der Waals surface area contributed by atoms with Crippen LogP contribution >= 0.6 is 0 Å². The zero-order valence-electron chi connectivity index (χ0n) is 17.4. The summed E-state index contributed by atoms with van der Waals surface area (Å²) in [4.78, 5) is 12.9. The third-order valence-electron chi connectivity index (χ3n) is 5.89. The van der Waals surface area contributed by atoms with Gasteiger partial charge in [-0.05, 0) is 75.6 Å². The van der Waals surface area contributed by atoms with Gasteiger partial charge in [0, 0.05) is 19.6 Å². The molecule has 1 unspecified atom stereocenters. The third kappa shape index (κ3) is 5.39. The highest BCUT2D eigenvalue weighted by molar-refractivity contribution is 7.89. The van der Waals surface area contributed by atoms with Gasteiger partial charge in [-0.25, -0.2) is 8.42 Å². The summed E-state index contributed by atoms with van der Waals surface area (Å²) < 4.78 is 32.8. The van der Waals surface area contributed by atoms with E-state index in [1.54, 1.807) is 25.3 Å². The van der Waals surface area contributed by atoms with Crippen molar-refractivity contribution in [2.24, 2.45) is 5.92 Å². The highest BCUT2D eigenvalue weighted by atomic mass is 32.2. The Morgan fingerprint density at radius 3 is 2.79 bits per heavy atom. The van der Waals surface area contributed by atoms with Crippen LogP contribution in [0.15, 0.2) is 34.7 Å². The number of hydrogen-bond acceptors (Lipinski definition) is 4. The van der Waals surface area contributed by atoms with E-state index in [-0.39, 0.29) is 23.3 Å². The van der Waals surface area contributed by atoms with Crippen LogP contribution in [0.1, 0.15) is 50.5 Å². The van der Waals surface area contributed by atoms with Crippen molar-refractivity contribution in [1.29, 1.82) is 0 Å². The van der Waals surface area contributed by atoms with Crippen molar-refractivity contribution in [1.82, 2.24) is 9.62 Å². The SMILES string of the molecule is COc1ccc(S(=O)(=O)N2CCCC(C(=O)NCCC3=CCCCC3)C2)cc1C. The molecule has 1 aliphatic carbocycles. The third-order valence-corrected chi connectivity index (χ3v) is 7.75. The van der Waals surface area contributed by atoms with Crippen molar-refractivity contribution in [3.05, 3.63) is 35.4 Å². The standard InChI is InChI=1S/C22H32N2O4S/c1-17-15-20(10-11-21(17)28-2)29(26,27)24-14-6-9-19(16-24)22(25)23-13-12-18-7-4-3-5-8-18/h7,10-11,15,19H,3-6,8-9,12-14,16H2,1-2H3,(H,23,25). The van der Waals surface area contributed by atoms with Gasteiger partial charge in [-0.3, -0.25) is 4.79 Å². The molecule has 1 N–H and O–H groups in total. The number of hydrogen-bond donors (Lipinski definition) is 1. The molecule has 6 nitrogen and oxygen atoms in total. The number of sulfonamides is 1. The molecule has 3 rings (SSSR count). The van der Waals surface area contributed by atoms with Crippen LogP contribution in [-0.2, 0) is 14.8 Å². The summed E-state index contributed by atoms with van der Waals surface area (Å²) in [7, 11) is -2.06. The predicted octanol–water partition coefficient (Wildman–Crippen LogP) is 3.41. The molecule has 0 aromatic heterocycles. The summed E-state index contributed by atoms with van der Waals surface area (Å²) in [6, 6.07) is 4.88. The van der Waals surface area contributed by atoms with Crippen molar-refractivity contribution in [3.8, 4) is 5.75 Å². The number of carbonyl (C=O) groups is 1. The van der Waals surface area contributed by atoms with Crippen LogP contribution in [0.3, 0.4) is 0 Å². The second-order valence-corrected chi connectivity index (χ2v) is 9.92. The van der Waals surface area contributed by atoms with Crippen molar-refractivity contribution in [2.75, 3.05) is 26.7 Å². The Morgan fingerprint density at radius 2 is 2.10 bits per heavy atom. The maximum absolute atomic E-state index is 13.1. The van der Waals surface area contributed by atoms with Gasteiger partial charge in [-0.2, -0.15) is 4.31 Å². The fourth-order valence-electron chi connectivity index (χ4n) is 4.16. The first kappa shape index (κ1) is 21.8. The van der Waals surface area contributed by atoms with Crippen molar-refractivity contribution in [3.63, 3.8) is 0 Å². The molecule has 0 radical (unpaired) electrons. The number of allylic oxidation sites excluding steroid dienone is 1. The number of benzene rings is 1. The van der Waals surface area contributed by atoms with E-state index in [9.17, 15) is 13.2 Å². The Balaban J connectivity index is 1.59. The van der Waals surface area contributed by atoms with Gasteiger partial charge in [0.1, 0.15) is 5.75 Å². The molecule has 29 heavy (non-hydrogen) atoms. The summed E-state index contributed by atoms with van der Waals surface area (Å²) in [5.74, 6) is 0.332. The second-order valence-electron chi connectivity index (χ2n) is 7.98. The average Bonchev–Trinajstić information content (AvgIpc) is 2.74. The molecular weight excluding hydrogens is 388 g/mol. The first-order chi connectivity index (χ1) is 13.9. The van der Waals surface area contributed by atoms with Gasteiger partial charge in [0.2, 0.25) is 15.9 Å². The Labute approximate surface area is 174 Å². The molecule has 1 aromatic rings. The minimum absolute atomic E-state index is 0.0350. The van der Waals surface area contributed by atoms with Gasteiger partial charge in [-0.1, -0.05) is 11.6 Å². The molecule has 1 heterocycles. The topological polar surface area (TPSA) is 75.7 Å². The van der Waals surface area contributed by atoms with Crippen LogP contribution in [0.5, 0.6) is 5.75 Å². The first-order valence-electron chi connectivity index (χ1n) is 10.5. The summed E-state index contributed by atoms with van der Waals surface area (Å²) in [6.07, 6.45) is 9.37. The number of rotatable bonds is 7. The van der Waals surface area contributed by atoms with Crippen LogP contribution in [0, 0.1) is 12.8 Å². The van der Waals surface area contributed by atoms with Crippen LogP contribution in [0.2, 0.25) is 0 Å². The fourth-order valence-corrected chi connectivity index (χ4v) is 5.77. The molecule has 160 valence electrons. The molecule has 1 amide bonds. The average molecular weight is 421 g/mol. The minimum atomic E-state index is -3.62. The number of piperidine rings is 1. The molecule has 7 heteroatoms. The Bertz CT molecular complexity index is 864. The van der Waals surface area contributed by atoms with Crippen molar-refractivity contribution in [2.45, 2.75) is 56.8 Å². The molecule has 2 aliphatic rings. The summed E-state index contributed by atoms with van der Waals surface area (Å²) in [5.41, 5.74) is 2.20. The molecular formula is C22H32N2O4S. The zero-order valence-corrected chi connectivity index (χ0v) is 18.3. The van der Waals surface area contributed by atoms with Gasteiger partial charge in [-0.15, -0.1) is 0 Å². The number of methoxy groups -OCH3 is 1. The molecule has 1 aliphatic heterocycles. The number of aryl methyl sites for hydroxylation is 1. The maximum atomic E-state index is 13.1. The van der Waals surface area contributed by atoms with Gasteiger partial charge in [0.15, 0.2) is 0 Å². The largest absolute Gasteiger partial charge is 0.496 e. The van der Waals surface area contributed by atoms with E-state index in [1.807, 2.05) is 6.92 Å². The van der Waals surface area contributed by atoms with Gasteiger partial charge in [0.05, 0.1) is 17.9 Å². The molecule has 0 bridgehead atoms. The van der Waals surface area contributed by atoms with E-state index in [2.05, 4.69) is 11.4 Å². The Morgan fingerprint density at radius 1 is 1.28 bits per heavy atom. The molecule has 0 saturated carbocycles. The number of carbonyl (C=O) groups excluding carboxylic acids is 1. The molecule has 1 saturated heterocycles. The monoisotopic (exact) mass is 420 g/mol. The summed E-state index contributed by atoms with van der Waals surface area (Å²) >= 11 is 0. The normalized spacial score (nSPS) is 20.8. The quantitative estimate of drug-likeness (QED) is 0.686. The highest BCUT2D eigenvalue weighted by Gasteiger charge is 2.33. The smallest absolute Gasteiger partial charge is 0.243 e. The van der Waals surface area contributed by atoms with Crippen LogP contribution < -0.4 is 10.1 Å². The van der Waals surface area contributed by atoms with E-state index in [1.165, 1.54) is 22.7 Å². The maximum Gasteiger partial charge on any atom is 0.243 e. The summed E-state index contributed by atoms with van der Waals surface area (Å²) in [6.45, 7) is 3.14. The van der Waals surface area contributed by atoms with Gasteiger partial charge < -0.3 is 10.1 Å². The fraction of sp³-hybridized carbons (Fsp3) is 0.591. The van der Waals surface area contributed by atoms with Gasteiger partial charge in [0.25, 0.3) is 0 Å². The van der Waals surface area contributed by atoms with E-state index < -0.39 is 10.0 Å². The lowest BCUT2D eigenvalue weighted by Gasteiger charge is -2.31. The van der Waals surface area contributed by atoms with Crippen LogP contribution in [-0.4, -0.2) is 45.4 Å². The summed E-state index contributed by atoms with van der Waals surface area (Å²) in [5, 5.41) is 3.02. The highest BCUT2D eigenvalue weighted by Crippen LogP contribution is 2.27. The van der Waals surface area contributed by atoms with E-state index >= 15 is 0 Å². The van der Waals surface area contributed by atoms with E-state index in [0.717, 1.165) is 31.2 Å². The zero-order chi connectivity index (χ0) is 20.9. The van der Waals surface area contributed by atoms with Crippen molar-refractivity contribution < 1.29 is 17.9 Å².